The van der Waals surface area contributed by atoms with Crippen LogP contribution >= 0.6 is 0 Å². The predicted octanol–water partition coefficient (Wildman–Crippen LogP) is -1.32. The van der Waals surface area contributed by atoms with Crippen molar-refractivity contribution in [2.75, 3.05) is 13.2 Å². The zero-order valence-electron chi connectivity index (χ0n) is 3.81. The fourth-order valence-electron chi connectivity index (χ4n) is 0.476. The third-order valence-electron chi connectivity index (χ3n) is 0.788. The van der Waals surface area contributed by atoms with Crippen molar-refractivity contribution in [2.24, 2.45) is 0 Å². The van der Waals surface area contributed by atoms with Gasteiger partial charge in [-0.15, -0.1) is 0 Å². The van der Waals surface area contributed by atoms with Gasteiger partial charge in [0.05, 0.1) is 0 Å². The Balaban J connectivity index is 2.18. The van der Waals surface area contributed by atoms with E-state index in [2.05, 4.69) is 0 Å². The Kier molecular flexibility index (Phi) is 1.50. The molecule has 0 bridgehead atoms. The summed E-state index contributed by atoms with van der Waals surface area (Å²) in [7, 11) is 0. The van der Waals surface area contributed by atoms with E-state index in [4.69, 9.17) is 9.47 Å². The van der Waals surface area contributed by atoms with E-state index in [0.29, 0.717) is 16.5 Å². The van der Waals surface area contributed by atoms with Gasteiger partial charge in [-0.1, -0.05) is 0 Å². The fourth-order valence-corrected chi connectivity index (χ4v) is 1.47. The normalized spacial score (nSPS) is 26.0. The molecule has 0 aliphatic carbocycles. The van der Waals surface area contributed by atoms with Crippen LogP contribution in [-0.2, 0) is 9.47 Å². The zero-order chi connectivity index (χ0) is 4.41. The van der Waals surface area contributed by atoms with Crippen LogP contribution < -0.4 is 0 Å². The van der Waals surface area contributed by atoms with Gasteiger partial charge in [0, 0.05) is 0 Å². The van der Waals surface area contributed by atoms with Crippen LogP contribution in [0, 0.1) is 0 Å². The predicted molar refractivity (Wildman–Crippen MR) is 25.6 cm³/mol. The van der Waals surface area contributed by atoms with Gasteiger partial charge in [-0.25, -0.2) is 0 Å². The van der Waals surface area contributed by atoms with Crippen LogP contribution in [0.1, 0.15) is 0 Å². The van der Waals surface area contributed by atoms with Gasteiger partial charge < -0.3 is 0 Å². The summed E-state index contributed by atoms with van der Waals surface area (Å²) >= 11 is 0.698. The van der Waals surface area contributed by atoms with E-state index in [1.807, 2.05) is 0 Å². The Morgan fingerprint density at radius 3 is 2.00 bits per heavy atom. The first-order valence-corrected chi connectivity index (χ1v) is 4.55. The minimum absolute atomic E-state index is 0.234. The number of hydrogen-bond acceptors (Lipinski definition) is 2. The van der Waals surface area contributed by atoms with Gasteiger partial charge in [0.25, 0.3) is 0 Å². The van der Waals surface area contributed by atoms with Crippen molar-refractivity contribution in [3.05, 3.63) is 0 Å². The molecule has 1 rings (SSSR count). The maximum atomic E-state index is 5.01. The Hall–Kier alpha value is 0.463. The molecular weight excluding hydrogens is 141 g/mol. The SMILES string of the molecule is [GeH3][CH]1OCCO1. The fraction of sp³-hybridized carbons (Fsp3) is 1.00. The molecule has 6 heavy (non-hydrogen) atoms. The van der Waals surface area contributed by atoms with Crippen molar-refractivity contribution in [2.45, 2.75) is 5.12 Å². The Morgan fingerprint density at radius 1 is 1.33 bits per heavy atom. The molecular formula is C3H8GeO2. The summed E-state index contributed by atoms with van der Waals surface area (Å²) in [4.78, 5) is 0. The molecule has 0 saturated carbocycles. The third-order valence-corrected chi connectivity index (χ3v) is 2.19. The van der Waals surface area contributed by atoms with E-state index < -0.39 is 0 Å². The van der Waals surface area contributed by atoms with E-state index in [1.165, 1.54) is 0 Å². The van der Waals surface area contributed by atoms with Crippen molar-refractivity contribution < 1.29 is 9.47 Å². The summed E-state index contributed by atoms with van der Waals surface area (Å²) in [5.74, 6) is 0. The number of rotatable bonds is 0. The maximum absolute atomic E-state index is 5.01. The van der Waals surface area contributed by atoms with Crippen LogP contribution in [0.3, 0.4) is 0 Å². The molecule has 0 aromatic rings. The first kappa shape index (κ1) is 4.62. The third kappa shape index (κ3) is 0.961. The average Bonchev–Trinajstić information content (AvgIpc) is 1.86. The molecule has 1 fully saturated rings. The quantitative estimate of drug-likeness (QED) is 0.397. The van der Waals surface area contributed by atoms with Crippen molar-refractivity contribution >= 4 is 16.5 Å². The monoisotopic (exact) mass is 150 g/mol. The molecule has 0 N–H and O–H groups in total. The summed E-state index contributed by atoms with van der Waals surface area (Å²) in [5, 5.41) is 0.234. The van der Waals surface area contributed by atoms with E-state index >= 15 is 0 Å². The van der Waals surface area contributed by atoms with Crippen molar-refractivity contribution in [3.8, 4) is 0 Å². The van der Waals surface area contributed by atoms with E-state index in [1.54, 1.807) is 0 Å². The molecule has 3 heteroatoms. The molecule has 0 radical (unpaired) electrons. The number of ether oxygens (including phenoxy) is 2. The van der Waals surface area contributed by atoms with E-state index in [-0.39, 0.29) is 5.12 Å². The molecule has 0 atom stereocenters. The van der Waals surface area contributed by atoms with Gasteiger partial charge in [0.2, 0.25) is 0 Å². The molecule has 0 spiro atoms. The first-order chi connectivity index (χ1) is 2.89. The Morgan fingerprint density at radius 2 is 1.83 bits per heavy atom. The second-order valence-electron chi connectivity index (χ2n) is 1.31. The molecule has 1 saturated heterocycles. The molecule has 1 aliphatic rings. The second-order valence-corrected chi connectivity index (χ2v) is 3.29. The zero-order valence-corrected chi connectivity index (χ0v) is 8.00. The molecule has 1 aliphatic heterocycles. The molecule has 0 aromatic carbocycles. The topological polar surface area (TPSA) is 18.5 Å². The Labute approximate surface area is 45.0 Å². The van der Waals surface area contributed by atoms with Crippen LogP contribution in [0.2, 0.25) is 0 Å². The molecule has 0 amide bonds. The van der Waals surface area contributed by atoms with Gasteiger partial charge in [-0.05, 0) is 0 Å². The summed E-state index contributed by atoms with van der Waals surface area (Å²) in [6.45, 7) is 1.62. The minimum atomic E-state index is 0.234. The van der Waals surface area contributed by atoms with Crippen LogP contribution in [0.25, 0.3) is 0 Å². The van der Waals surface area contributed by atoms with Gasteiger partial charge in [0.1, 0.15) is 0 Å². The second kappa shape index (κ2) is 1.95. The molecule has 0 unspecified atom stereocenters. The van der Waals surface area contributed by atoms with Gasteiger partial charge in [0.15, 0.2) is 0 Å². The van der Waals surface area contributed by atoms with Crippen LogP contribution in [0.4, 0.5) is 0 Å². The van der Waals surface area contributed by atoms with Gasteiger partial charge in [-0.2, -0.15) is 0 Å². The van der Waals surface area contributed by atoms with Crippen molar-refractivity contribution in [3.63, 3.8) is 0 Å². The van der Waals surface area contributed by atoms with Gasteiger partial charge in [-0.3, -0.25) is 0 Å². The Bertz CT molecular complexity index is 42.1. The molecule has 1 heterocycles. The van der Waals surface area contributed by atoms with Crippen LogP contribution in [0.15, 0.2) is 0 Å². The molecule has 36 valence electrons. The van der Waals surface area contributed by atoms with E-state index in [9.17, 15) is 0 Å². The summed E-state index contributed by atoms with van der Waals surface area (Å²) < 4.78 is 10.0. The standard InChI is InChI=1S/C3H8GeO2/c4-3-5-1-2-6-3/h3H,1-2H2,4H3. The summed E-state index contributed by atoms with van der Waals surface area (Å²) in [6, 6.07) is 0. The van der Waals surface area contributed by atoms with E-state index in [0.717, 1.165) is 13.2 Å². The van der Waals surface area contributed by atoms with Crippen LogP contribution in [0.5, 0.6) is 0 Å². The number of hydrogen-bond donors (Lipinski definition) is 0. The van der Waals surface area contributed by atoms with Crippen molar-refractivity contribution in [1.82, 2.24) is 0 Å². The first-order valence-electron chi connectivity index (χ1n) is 2.13. The summed E-state index contributed by atoms with van der Waals surface area (Å²) in [6.07, 6.45) is 0. The summed E-state index contributed by atoms with van der Waals surface area (Å²) in [5.41, 5.74) is 0. The molecule has 0 aromatic heterocycles. The van der Waals surface area contributed by atoms with Crippen LogP contribution in [-0.4, -0.2) is 34.9 Å². The van der Waals surface area contributed by atoms with Crippen molar-refractivity contribution in [1.29, 1.82) is 0 Å². The average molecular weight is 149 g/mol. The van der Waals surface area contributed by atoms with Gasteiger partial charge >= 0.3 is 44.3 Å². The molecule has 2 nitrogen and oxygen atoms in total.